The molecule has 1 atom stereocenters. The lowest BCUT2D eigenvalue weighted by molar-refractivity contribution is -0.242. The van der Waals surface area contributed by atoms with Crippen molar-refractivity contribution in [2.45, 2.75) is 44.4 Å². The first-order valence-corrected chi connectivity index (χ1v) is 8.64. The van der Waals surface area contributed by atoms with E-state index >= 15 is 0 Å². The Labute approximate surface area is 163 Å². The molecule has 0 aliphatic carbocycles. The van der Waals surface area contributed by atoms with Crippen LogP contribution in [-0.2, 0) is 9.59 Å². The van der Waals surface area contributed by atoms with Gasteiger partial charge in [0.2, 0.25) is 5.60 Å². The van der Waals surface area contributed by atoms with Crippen molar-refractivity contribution in [3.63, 3.8) is 0 Å². The Kier molecular flexibility index (Phi) is 8.25. The zero-order valence-electron chi connectivity index (χ0n) is 14.9. The number of nitrogens with one attached hydrogen (secondary N) is 2. The minimum Gasteiger partial charge on any atom is -0.481 e. The Balaban J connectivity index is 2.63. The zero-order valence-corrected chi connectivity index (χ0v) is 15.7. The third kappa shape index (κ3) is 6.68. The van der Waals surface area contributed by atoms with Crippen molar-refractivity contribution >= 4 is 35.1 Å². The molecule has 1 aromatic rings. The van der Waals surface area contributed by atoms with E-state index in [2.05, 4.69) is 5.32 Å². The average molecular weight is 425 g/mol. The first-order valence-electron chi connectivity index (χ1n) is 8.26. The number of amides is 2. The van der Waals surface area contributed by atoms with E-state index in [9.17, 15) is 32.7 Å². The van der Waals surface area contributed by atoms with Gasteiger partial charge in [0.25, 0.3) is 11.8 Å². The molecule has 0 aliphatic heterocycles. The number of benzene rings is 1. The van der Waals surface area contributed by atoms with Crippen LogP contribution in [0.1, 0.15) is 43.0 Å². The Bertz CT molecular complexity index is 738. The maximum Gasteiger partial charge on any atom is 0.426 e. The van der Waals surface area contributed by atoms with Gasteiger partial charge in [-0.15, -0.1) is 0 Å². The zero-order chi connectivity index (χ0) is 21.5. The lowest BCUT2D eigenvalue weighted by Crippen LogP contribution is -2.52. The molecule has 2 amide bonds. The lowest BCUT2D eigenvalue weighted by Gasteiger charge is -2.25. The fraction of sp³-hybridized carbons (Fsp3) is 0.471. The molecule has 156 valence electrons. The molecule has 1 rings (SSSR count). The van der Waals surface area contributed by atoms with Gasteiger partial charge < -0.3 is 20.8 Å². The molecule has 11 heteroatoms. The molecule has 1 aromatic carbocycles. The maximum absolute atomic E-state index is 12.7. The Morgan fingerprint density at radius 2 is 1.79 bits per heavy atom. The monoisotopic (exact) mass is 424 g/mol. The molecule has 0 saturated heterocycles. The summed E-state index contributed by atoms with van der Waals surface area (Å²) in [4.78, 5) is 34.1. The van der Waals surface area contributed by atoms with Crippen molar-refractivity contribution in [1.29, 1.82) is 0 Å². The van der Waals surface area contributed by atoms with E-state index < -0.39 is 29.6 Å². The second-order valence-corrected chi connectivity index (χ2v) is 6.59. The third-order valence-corrected chi connectivity index (χ3v) is 4.14. The highest BCUT2D eigenvalue weighted by molar-refractivity contribution is 6.34. The van der Waals surface area contributed by atoms with Gasteiger partial charge in [-0.3, -0.25) is 14.4 Å². The highest BCUT2D eigenvalue weighted by Gasteiger charge is 2.55. The van der Waals surface area contributed by atoms with Gasteiger partial charge in [0.15, 0.2) is 0 Å². The van der Waals surface area contributed by atoms with Crippen LogP contribution in [0, 0.1) is 0 Å². The first kappa shape index (κ1) is 23.7. The fourth-order valence-corrected chi connectivity index (χ4v) is 2.24. The summed E-state index contributed by atoms with van der Waals surface area (Å²) in [5, 5.41) is 22.1. The number of carboxylic acid groups (broad SMARTS) is 1. The minimum absolute atomic E-state index is 0.0535. The Morgan fingerprint density at radius 1 is 1.14 bits per heavy atom. The van der Waals surface area contributed by atoms with E-state index in [4.69, 9.17) is 16.7 Å². The molecule has 0 spiro atoms. The van der Waals surface area contributed by atoms with Crippen molar-refractivity contribution in [3.05, 3.63) is 28.8 Å². The summed E-state index contributed by atoms with van der Waals surface area (Å²) in [6.07, 6.45) is -3.43. The number of carbonyl (C=O) groups is 3. The number of halogens is 4. The van der Waals surface area contributed by atoms with Crippen LogP contribution in [0.3, 0.4) is 0 Å². The molecule has 4 N–H and O–H groups in total. The molecule has 0 fully saturated rings. The van der Waals surface area contributed by atoms with Gasteiger partial charge in [0.05, 0.1) is 10.7 Å². The Hall–Kier alpha value is -2.33. The lowest BCUT2D eigenvalue weighted by atomic mass is 10.1. The van der Waals surface area contributed by atoms with Crippen LogP contribution in [-0.4, -0.2) is 46.3 Å². The molecule has 0 aromatic heterocycles. The van der Waals surface area contributed by atoms with Crippen LogP contribution in [0.25, 0.3) is 0 Å². The van der Waals surface area contributed by atoms with E-state index in [0.717, 1.165) is 6.07 Å². The number of hydrogen-bond acceptors (Lipinski definition) is 4. The van der Waals surface area contributed by atoms with Crippen molar-refractivity contribution in [3.8, 4) is 0 Å². The predicted molar refractivity (Wildman–Crippen MR) is 95.2 cm³/mol. The van der Waals surface area contributed by atoms with Gasteiger partial charge in [-0.25, -0.2) is 0 Å². The molecule has 28 heavy (non-hydrogen) atoms. The molecule has 0 radical (unpaired) electrons. The highest BCUT2D eigenvalue weighted by Crippen LogP contribution is 2.32. The smallest absolute Gasteiger partial charge is 0.426 e. The minimum atomic E-state index is -5.17. The number of hydrogen-bond donors (Lipinski definition) is 4. The van der Waals surface area contributed by atoms with Gasteiger partial charge in [0.1, 0.15) is 0 Å². The van der Waals surface area contributed by atoms with E-state index in [0.29, 0.717) is 32.7 Å². The van der Waals surface area contributed by atoms with E-state index in [-0.39, 0.29) is 22.7 Å². The van der Waals surface area contributed by atoms with Crippen LogP contribution in [0.2, 0.25) is 5.02 Å². The SMILES string of the molecule is C[C@@](O)(C(=O)Nc1ccc(C(=O)NCCCCCC(=O)O)cc1Cl)C(F)(F)F. The van der Waals surface area contributed by atoms with Crippen LogP contribution in [0.5, 0.6) is 0 Å². The number of alkyl halides is 3. The number of aliphatic hydroxyl groups is 1. The maximum atomic E-state index is 12.7. The van der Waals surface area contributed by atoms with Crippen LogP contribution >= 0.6 is 11.6 Å². The van der Waals surface area contributed by atoms with Crippen LogP contribution in [0.15, 0.2) is 18.2 Å². The summed E-state index contributed by atoms with van der Waals surface area (Å²) in [6, 6.07) is 3.57. The predicted octanol–water partition coefficient (Wildman–Crippen LogP) is 2.97. The number of aliphatic carboxylic acids is 1. The summed E-state index contributed by atoms with van der Waals surface area (Å²) in [7, 11) is 0. The topological polar surface area (TPSA) is 116 Å². The molecular weight excluding hydrogens is 405 g/mol. The molecule has 0 saturated carbocycles. The normalized spacial score (nSPS) is 13.5. The standard InChI is InChI=1S/C17H20ClF3N2O5/c1-16(28,17(19,20)21)15(27)23-12-7-6-10(9-11(12)18)14(26)22-8-4-2-3-5-13(24)25/h6-7,9,28H,2-5,8H2,1H3,(H,22,26)(H,23,27)(H,24,25)/t16-/m1/s1. The van der Waals surface area contributed by atoms with Gasteiger partial charge in [-0.05, 0) is 38.0 Å². The van der Waals surface area contributed by atoms with Gasteiger partial charge in [-0.2, -0.15) is 13.2 Å². The average Bonchev–Trinajstić information content (AvgIpc) is 2.58. The highest BCUT2D eigenvalue weighted by atomic mass is 35.5. The first-order chi connectivity index (χ1) is 12.9. The van der Waals surface area contributed by atoms with E-state index in [1.165, 1.54) is 12.1 Å². The van der Waals surface area contributed by atoms with Gasteiger partial charge in [-0.1, -0.05) is 18.0 Å². The van der Waals surface area contributed by atoms with Crippen molar-refractivity contribution in [1.82, 2.24) is 5.32 Å². The Morgan fingerprint density at radius 3 is 2.32 bits per heavy atom. The number of anilines is 1. The molecule has 0 unspecified atom stereocenters. The molecule has 0 aliphatic rings. The van der Waals surface area contributed by atoms with E-state index in [1.807, 2.05) is 5.32 Å². The van der Waals surface area contributed by atoms with E-state index in [1.54, 1.807) is 0 Å². The fourth-order valence-electron chi connectivity index (χ4n) is 2.01. The quantitative estimate of drug-likeness (QED) is 0.455. The summed E-state index contributed by atoms with van der Waals surface area (Å²) in [6.45, 7) is 0.623. The second kappa shape index (κ2) is 9.74. The molecule has 7 nitrogen and oxygen atoms in total. The number of carbonyl (C=O) groups excluding carboxylic acids is 2. The van der Waals surface area contributed by atoms with Gasteiger partial charge >= 0.3 is 12.1 Å². The van der Waals surface area contributed by atoms with Gasteiger partial charge in [0, 0.05) is 18.5 Å². The summed E-state index contributed by atoms with van der Waals surface area (Å²) < 4.78 is 38.0. The third-order valence-electron chi connectivity index (χ3n) is 3.83. The largest absolute Gasteiger partial charge is 0.481 e. The van der Waals surface area contributed by atoms with Crippen molar-refractivity contribution in [2.24, 2.45) is 0 Å². The number of carboxylic acids is 1. The summed E-state index contributed by atoms with van der Waals surface area (Å²) in [5.74, 6) is -3.08. The molecular formula is C17H20ClF3N2O5. The second-order valence-electron chi connectivity index (χ2n) is 6.18. The molecule has 0 heterocycles. The van der Waals surface area contributed by atoms with Crippen LogP contribution < -0.4 is 10.6 Å². The van der Waals surface area contributed by atoms with Crippen molar-refractivity contribution < 1.29 is 37.8 Å². The van der Waals surface area contributed by atoms with Crippen molar-refractivity contribution in [2.75, 3.05) is 11.9 Å². The number of unbranched alkanes of at least 4 members (excludes halogenated alkanes) is 2. The number of rotatable bonds is 9. The van der Waals surface area contributed by atoms with Crippen LogP contribution in [0.4, 0.5) is 18.9 Å². The summed E-state index contributed by atoms with van der Waals surface area (Å²) >= 11 is 5.90. The molecule has 0 bridgehead atoms. The summed E-state index contributed by atoms with van der Waals surface area (Å²) in [5.41, 5.74) is -3.68.